The second kappa shape index (κ2) is 6.77. The van der Waals surface area contributed by atoms with Gasteiger partial charge in [0, 0.05) is 17.6 Å². The van der Waals surface area contributed by atoms with E-state index in [1.54, 1.807) is 18.2 Å². The number of hydrogen-bond donors (Lipinski definition) is 1. The maximum atomic E-state index is 6.10. The summed E-state index contributed by atoms with van der Waals surface area (Å²) in [5, 5.41) is 4.23. The highest BCUT2D eigenvalue weighted by Crippen LogP contribution is 2.33. The van der Waals surface area contributed by atoms with Crippen molar-refractivity contribution in [3.63, 3.8) is 0 Å². The van der Waals surface area contributed by atoms with Crippen molar-refractivity contribution in [2.24, 2.45) is 0 Å². The molecule has 2 aromatic rings. The Balaban J connectivity index is 2.37. The fourth-order valence-corrected chi connectivity index (χ4v) is 2.10. The number of rotatable bonds is 5. The van der Waals surface area contributed by atoms with E-state index in [0.29, 0.717) is 21.7 Å². The Labute approximate surface area is 128 Å². The van der Waals surface area contributed by atoms with Crippen LogP contribution in [0.1, 0.15) is 19.4 Å². The minimum Gasteiger partial charge on any atom is -0.437 e. The van der Waals surface area contributed by atoms with Gasteiger partial charge in [0.05, 0.1) is 10.6 Å². The Hall–Kier alpha value is -1.52. The highest BCUT2D eigenvalue weighted by Gasteiger charge is 2.13. The quantitative estimate of drug-likeness (QED) is 0.878. The molecule has 0 aliphatic carbocycles. The van der Waals surface area contributed by atoms with Crippen molar-refractivity contribution < 1.29 is 4.74 Å². The lowest BCUT2D eigenvalue weighted by atomic mass is 10.2. The van der Waals surface area contributed by atoms with Gasteiger partial charge in [0.2, 0.25) is 5.88 Å². The minimum atomic E-state index is 0.481. The van der Waals surface area contributed by atoms with Crippen LogP contribution in [0.3, 0.4) is 0 Å². The average molecular weight is 312 g/mol. The van der Waals surface area contributed by atoms with E-state index in [1.165, 1.54) is 6.33 Å². The van der Waals surface area contributed by atoms with Gasteiger partial charge in [0.25, 0.3) is 0 Å². The highest BCUT2D eigenvalue weighted by molar-refractivity contribution is 6.34. The van der Waals surface area contributed by atoms with E-state index in [4.69, 9.17) is 27.9 Å². The molecule has 1 aromatic heterocycles. The number of halogens is 2. The average Bonchev–Trinajstić information content (AvgIpc) is 2.43. The Morgan fingerprint density at radius 3 is 2.70 bits per heavy atom. The van der Waals surface area contributed by atoms with E-state index in [0.717, 1.165) is 24.3 Å². The van der Waals surface area contributed by atoms with Crippen LogP contribution < -0.4 is 10.1 Å². The van der Waals surface area contributed by atoms with Crippen LogP contribution in [0.4, 0.5) is 5.82 Å². The molecular weight excluding hydrogens is 297 g/mol. The van der Waals surface area contributed by atoms with Gasteiger partial charge in [-0.2, -0.15) is 0 Å². The van der Waals surface area contributed by atoms with Crippen LogP contribution in [0, 0.1) is 0 Å². The third kappa shape index (κ3) is 3.32. The molecule has 1 aromatic carbocycles. The van der Waals surface area contributed by atoms with Crippen molar-refractivity contribution in [3.8, 4) is 11.6 Å². The van der Waals surface area contributed by atoms with Gasteiger partial charge in [-0.3, -0.25) is 0 Å². The largest absolute Gasteiger partial charge is 0.437 e. The van der Waals surface area contributed by atoms with E-state index in [-0.39, 0.29) is 0 Å². The predicted octanol–water partition coefficient (Wildman–Crippen LogP) is 4.57. The van der Waals surface area contributed by atoms with Crippen LogP contribution in [0.25, 0.3) is 0 Å². The molecule has 0 unspecified atom stereocenters. The van der Waals surface area contributed by atoms with Gasteiger partial charge in [0.1, 0.15) is 17.9 Å². The third-order valence-corrected chi connectivity index (χ3v) is 3.25. The molecule has 0 aliphatic rings. The predicted molar refractivity (Wildman–Crippen MR) is 82.1 cm³/mol. The number of anilines is 1. The number of hydrogen-bond acceptors (Lipinski definition) is 4. The maximum absolute atomic E-state index is 6.10. The van der Waals surface area contributed by atoms with Crippen LogP contribution >= 0.6 is 23.2 Å². The topological polar surface area (TPSA) is 47.0 Å². The molecule has 20 heavy (non-hydrogen) atoms. The number of nitrogens with zero attached hydrogens (tertiary/aromatic N) is 2. The van der Waals surface area contributed by atoms with Crippen molar-refractivity contribution in [3.05, 3.63) is 40.1 Å². The first-order valence-electron chi connectivity index (χ1n) is 6.36. The molecule has 1 N–H and O–H groups in total. The van der Waals surface area contributed by atoms with E-state index >= 15 is 0 Å². The molecule has 0 atom stereocenters. The minimum absolute atomic E-state index is 0.481. The van der Waals surface area contributed by atoms with Gasteiger partial charge in [0.15, 0.2) is 0 Å². The molecular formula is C14H15Cl2N3O. The number of nitrogens with one attached hydrogen (secondary N) is 1. The molecule has 106 valence electrons. The molecule has 0 aliphatic heterocycles. The van der Waals surface area contributed by atoms with Gasteiger partial charge in [-0.15, -0.1) is 0 Å². The molecule has 0 saturated heterocycles. The first-order valence-corrected chi connectivity index (χ1v) is 7.12. The van der Waals surface area contributed by atoms with Gasteiger partial charge in [-0.1, -0.05) is 30.1 Å². The molecule has 0 bridgehead atoms. The lowest BCUT2D eigenvalue weighted by Crippen LogP contribution is -2.05. The molecule has 0 fully saturated rings. The Morgan fingerprint density at radius 2 is 2.00 bits per heavy atom. The molecule has 4 nitrogen and oxygen atoms in total. The van der Waals surface area contributed by atoms with Crippen LogP contribution in [0.15, 0.2) is 24.5 Å². The summed E-state index contributed by atoms with van der Waals surface area (Å²) in [4.78, 5) is 8.40. The van der Waals surface area contributed by atoms with Crippen molar-refractivity contribution in [1.29, 1.82) is 0 Å². The summed E-state index contributed by atoms with van der Waals surface area (Å²) in [7, 11) is 0. The van der Waals surface area contributed by atoms with E-state index < -0.39 is 0 Å². The van der Waals surface area contributed by atoms with Gasteiger partial charge in [-0.05, 0) is 25.5 Å². The summed E-state index contributed by atoms with van der Waals surface area (Å²) in [6, 6.07) is 5.07. The summed E-state index contributed by atoms with van der Waals surface area (Å²) >= 11 is 12.1. The van der Waals surface area contributed by atoms with Gasteiger partial charge in [-0.25, -0.2) is 9.97 Å². The smallest absolute Gasteiger partial charge is 0.227 e. The van der Waals surface area contributed by atoms with Crippen molar-refractivity contribution in [2.75, 3.05) is 11.9 Å². The number of benzene rings is 1. The monoisotopic (exact) mass is 311 g/mol. The molecule has 1 heterocycles. The zero-order valence-electron chi connectivity index (χ0n) is 11.3. The first kappa shape index (κ1) is 14.9. The summed E-state index contributed by atoms with van der Waals surface area (Å²) < 4.78 is 5.79. The van der Waals surface area contributed by atoms with Gasteiger partial charge < -0.3 is 10.1 Å². The summed E-state index contributed by atoms with van der Waals surface area (Å²) in [5.74, 6) is 1.75. The summed E-state index contributed by atoms with van der Waals surface area (Å²) in [6.45, 7) is 4.81. The zero-order chi connectivity index (χ0) is 14.5. The lowest BCUT2D eigenvalue weighted by Gasteiger charge is -2.13. The molecule has 0 spiro atoms. The summed E-state index contributed by atoms with van der Waals surface area (Å²) in [5.41, 5.74) is 0.908. The van der Waals surface area contributed by atoms with Crippen LogP contribution in [0.5, 0.6) is 11.6 Å². The maximum Gasteiger partial charge on any atom is 0.227 e. The standard InChI is InChI=1S/C14H15Cl2N3O/c1-3-10-13(17-4-2)18-8-19-14(10)20-12-7-9(15)5-6-11(12)16/h5-8H,3-4H2,1-2H3,(H,17,18,19). The SMILES string of the molecule is CCNc1ncnc(Oc2cc(Cl)ccc2Cl)c1CC. The Morgan fingerprint density at radius 1 is 1.20 bits per heavy atom. The lowest BCUT2D eigenvalue weighted by molar-refractivity contribution is 0.456. The third-order valence-electron chi connectivity index (χ3n) is 2.70. The van der Waals surface area contributed by atoms with Crippen LogP contribution in [0.2, 0.25) is 10.0 Å². The number of ether oxygens (including phenoxy) is 1. The van der Waals surface area contributed by atoms with E-state index in [2.05, 4.69) is 15.3 Å². The Bertz CT molecular complexity index is 605. The molecule has 0 radical (unpaired) electrons. The molecule has 0 saturated carbocycles. The summed E-state index contributed by atoms with van der Waals surface area (Å²) in [6.07, 6.45) is 2.21. The number of aromatic nitrogens is 2. The van der Waals surface area contributed by atoms with Gasteiger partial charge >= 0.3 is 0 Å². The Kier molecular flexibility index (Phi) is 5.04. The fourth-order valence-electron chi connectivity index (χ4n) is 1.78. The molecule has 2 rings (SSSR count). The second-order valence-electron chi connectivity index (χ2n) is 4.07. The van der Waals surface area contributed by atoms with E-state index in [9.17, 15) is 0 Å². The van der Waals surface area contributed by atoms with E-state index in [1.807, 2.05) is 13.8 Å². The normalized spacial score (nSPS) is 10.4. The van der Waals surface area contributed by atoms with Crippen molar-refractivity contribution in [2.45, 2.75) is 20.3 Å². The van der Waals surface area contributed by atoms with Crippen LogP contribution in [-0.2, 0) is 6.42 Å². The zero-order valence-corrected chi connectivity index (χ0v) is 12.8. The van der Waals surface area contributed by atoms with Crippen molar-refractivity contribution >= 4 is 29.0 Å². The highest BCUT2D eigenvalue weighted by atomic mass is 35.5. The second-order valence-corrected chi connectivity index (χ2v) is 4.91. The molecule has 0 amide bonds. The first-order chi connectivity index (χ1) is 9.65. The molecule has 6 heteroatoms. The fraction of sp³-hybridized carbons (Fsp3) is 0.286. The van der Waals surface area contributed by atoms with Crippen LogP contribution in [-0.4, -0.2) is 16.5 Å². The van der Waals surface area contributed by atoms with Crippen molar-refractivity contribution in [1.82, 2.24) is 9.97 Å².